The number of ether oxygens (including phenoxy) is 2. The second-order valence-electron chi connectivity index (χ2n) is 6.62. The number of anilines is 1. The van der Waals surface area contributed by atoms with Gasteiger partial charge in [0.1, 0.15) is 0 Å². The maximum absolute atomic E-state index is 13.0. The van der Waals surface area contributed by atoms with E-state index in [4.69, 9.17) is 14.5 Å². The third kappa shape index (κ3) is 6.01. The molecule has 6 nitrogen and oxygen atoms in total. The summed E-state index contributed by atoms with van der Waals surface area (Å²) in [4.78, 5) is 22.7. The maximum Gasteiger partial charge on any atom is 0.266 e. The van der Waals surface area contributed by atoms with Gasteiger partial charge in [0.25, 0.3) is 5.91 Å². The second kappa shape index (κ2) is 11.4. The van der Waals surface area contributed by atoms with Crippen molar-refractivity contribution in [2.45, 2.75) is 4.90 Å². The van der Waals surface area contributed by atoms with E-state index in [2.05, 4.69) is 6.07 Å². The van der Waals surface area contributed by atoms with E-state index >= 15 is 0 Å². The molecule has 1 amide bonds. The Morgan fingerprint density at radius 2 is 1.87 bits per heavy atom. The molecule has 0 atom stereocenters. The maximum atomic E-state index is 13.0. The standard InChI is InChI=1S/C21H25N3O3S2.ClH/c1-23(2)11-12-24(20(25)14-27-18-8-6-5-7-17(18)26-3)21-22-16-10-9-15(28-4)13-19(16)29-21;/h5-10,13H,11-12,14H2,1-4H3;1H. The number of amides is 1. The number of carbonyl (C=O) groups excluding carboxylic acids is 1. The normalized spacial score (nSPS) is 10.7. The Labute approximate surface area is 191 Å². The highest BCUT2D eigenvalue weighted by Gasteiger charge is 2.21. The lowest BCUT2D eigenvalue weighted by atomic mass is 10.3. The predicted molar refractivity (Wildman–Crippen MR) is 128 cm³/mol. The van der Waals surface area contributed by atoms with Crippen LogP contribution in [0.5, 0.6) is 11.5 Å². The number of nitrogens with zero attached hydrogens (tertiary/aromatic N) is 3. The third-order valence-corrected chi connectivity index (χ3v) is 6.07. The van der Waals surface area contributed by atoms with Gasteiger partial charge in [-0.25, -0.2) is 4.98 Å². The average Bonchev–Trinajstić information content (AvgIpc) is 3.15. The van der Waals surface area contributed by atoms with Crippen LogP contribution in [0, 0.1) is 0 Å². The number of para-hydroxylation sites is 2. The number of carbonyl (C=O) groups is 1. The van der Waals surface area contributed by atoms with E-state index in [0.29, 0.717) is 23.2 Å². The van der Waals surface area contributed by atoms with Crippen LogP contribution in [0.15, 0.2) is 47.4 Å². The Hall–Kier alpha value is -2.00. The molecule has 9 heteroatoms. The number of aromatic nitrogens is 1. The predicted octanol–water partition coefficient (Wildman–Crippen LogP) is 4.42. The van der Waals surface area contributed by atoms with Crippen LogP contribution in [-0.4, -0.2) is 62.9 Å². The van der Waals surface area contributed by atoms with Crippen molar-refractivity contribution < 1.29 is 14.3 Å². The molecule has 1 heterocycles. The first-order valence-corrected chi connectivity index (χ1v) is 11.2. The number of thioether (sulfide) groups is 1. The molecule has 0 bridgehead atoms. The second-order valence-corrected chi connectivity index (χ2v) is 8.51. The first-order valence-electron chi connectivity index (χ1n) is 9.17. The van der Waals surface area contributed by atoms with Crippen LogP contribution in [0.2, 0.25) is 0 Å². The monoisotopic (exact) mass is 467 g/mol. The zero-order valence-electron chi connectivity index (χ0n) is 17.5. The molecule has 0 radical (unpaired) electrons. The number of halogens is 1. The van der Waals surface area contributed by atoms with Crippen molar-refractivity contribution in [2.24, 2.45) is 0 Å². The SMILES string of the molecule is COc1ccccc1OCC(=O)N(CCN(C)C)c1nc2ccc(SC)cc2s1.Cl. The molecule has 0 saturated carbocycles. The van der Waals surface area contributed by atoms with Crippen molar-refractivity contribution in [1.29, 1.82) is 0 Å². The topological polar surface area (TPSA) is 54.9 Å². The largest absolute Gasteiger partial charge is 0.493 e. The number of methoxy groups -OCH3 is 1. The number of rotatable bonds is 9. The quantitative estimate of drug-likeness (QED) is 0.434. The Kier molecular flexibility index (Phi) is 9.23. The number of likely N-dealkylation sites (N-methyl/N-ethyl adjacent to an activating group) is 1. The summed E-state index contributed by atoms with van der Waals surface area (Å²) in [6.07, 6.45) is 2.05. The van der Waals surface area contributed by atoms with Gasteiger partial charge in [0.05, 0.1) is 17.3 Å². The number of hydrogen-bond donors (Lipinski definition) is 0. The van der Waals surface area contributed by atoms with Gasteiger partial charge in [0.2, 0.25) is 0 Å². The summed E-state index contributed by atoms with van der Waals surface area (Å²) in [6.45, 7) is 1.18. The van der Waals surface area contributed by atoms with Crippen molar-refractivity contribution in [3.05, 3.63) is 42.5 Å². The van der Waals surface area contributed by atoms with Gasteiger partial charge in [-0.05, 0) is 50.7 Å². The molecular formula is C21H26ClN3O3S2. The summed E-state index contributed by atoms with van der Waals surface area (Å²) in [6, 6.07) is 13.5. The summed E-state index contributed by atoms with van der Waals surface area (Å²) in [7, 11) is 5.55. The Morgan fingerprint density at radius 3 is 2.53 bits per heavy atom. The molecule has 162 valence electrons. The molecule has 3 aromatic rings. The van der Waals surface area contributed by atoms with E-state index in [0.717, 1.165) is 16.8 Å². The minimum absolute atomic E-state index is 0. The summed E-state index contributed by atoms with van der Waals surface area (Å²) >= 11 is 3.22. The van der Waals surface area contributed by atoms with Crippen molar-refractivity contribution in [2.75, 3.05) is 52.1 Å². The first-order chi connectivity index (χ1) is 14.0. The fourth-order valence-electron chi connectivity index (χ4n) is 2.72. The van der Waals surface area contributed by atoms with Crippen molar-refractivity contribution in [3.8, 4) is 11.5 Å². The van der Waals surface area contributed by atoms with E-state index in [1.54, 1.807) is 35.9 Å². The Balaban J connectivity index is 0.00000320. The molecular weight excluding hydrogens is 442 g/mol. The van der Waals surface area contributed by atoms with E-state index in [-0.39, 0.29) is 24.9 Å². The molecule has 0 unspecified atom stereocenters. The molecule has 2 aromatic carbocycles. The summed E-state index contributed by atoms with van der Waals surface area (Å²) in [5, 5.41) is 0.689. The van der Waals surface area contributed by atoms with Gasteiger partial charge >= 0.3 is 0 Å². The molecule has 30 heavy (non-hydrogen) atoms. The van der Waals surface area contributed by atoms with Gasteiger partial charge < -0.3 is 14.4 Å². The highest BCUT2D eigenvalue weighted by Crippen LogP contribution is 2.32. The average molecular weight is 468 g/mol. The fraction of sp³-hybridized carbons (Fsp3) is 0.333. The lowest BCUT2D eigenvalue weighted by molar-refractivity contribution is -0.120. The molecule has 0 aliphatic heterocycles. The van der Waals surface area contributed by atoms with Crippen LogP contribution < -0.4 is 14.4 Å². The van der Waals surface area contributed by atoms with E-state index in [9.17, 15) is 4.79 Å². The number of hydrogen-bond acceptors (Lipinski definition) is 7. The Morgan fingerprint density at radius 1 is 1.13 bits per heavy atom. The molecule has 0 aliphatic carbocycles. The Bertz CT molecular complexity index is 981. The van der Waals surface area contributed by atoms with E-state index in [1.165, 1.54) is 16.2 Å². The van der Waals surface area contributed by atoms with E-state index in [1.807, 2.05) is 49.5 Å². The minimum Gasteiger partial charge on any atom is -0.493 e. The lowest BCUT2D eigenvalue weighted by Gasteiger charge is -2.22. The number of fused-ring (bicyclic) bond motifs is 1. The summed E-state index contributed by atoms with van der Waals surface area (Å²) in [5.41, 5.74) is 0.899. The molecule has 0 fully saturated rings. The van der Waals surface area contributed by atoms with E-state index < -0.39 is 0 Å². The van der Waals surface area contributed by atoms with Crippen molar-refractivity contribution >= 4 is 56.8 Å². The number of thiazole rings is 1. The minimum atomic E-state index is -0.137. The molecule has 0 N–H and O–H groups in total. The van der Waals surface area contributed by atoms with Crippen LogP contribution in [0.4, 0.5) is 5.13 Å². The molecule has 0 saturated heterocycles. The van der Waals surface area contributed by atoms with Crippen molar-refractivity contribution in [1.82, 2.24) is 9.88 Å². The van der Waals surface area contributed by atoms with Gasteiger partial charge in [0.15, 0.2) is 23.2 Å². The molecule has 1 aromatic heterocycles. The van der Waals surface area contributed by atoms with Gasteiger partial charge in [-0.1, -0.05) is 23.5 Å². The smallest absolute Gasteiger partial charge is 0.266 e. The third-order valence-electron chi connectivity index (χ3n) is 4.31. The van der Waals surface area contributed by atoms with Gasteiger partial charge in [-0.2, -0.15) is 0 Å². The first kappa shape index (κ1) is 24.3. The zero-order chi connectivity index (χ0) is 20.8. The van der Waals surface area contributed by atoms with Crippen molar-refractivity contribution in [3.63, 3.8) is 0 Å². The highest BCUT2D eigenvalue weighted by molar-refractivity contribution is 7.98. The number of benzene rings is 2. The molecule has 3 rings (SSSR count). The van der Waals surface area contributed by atoms with Gasteiger partial charge in [-0.3, -0.25) is 9.69 Å². The van der Waals surface area contributed by atoms with Crippen LogP contribution in [0.25, 0.3) is 10.2 Å². The van der Waals surface area contributed by atoms with Crippen LogP contribution in [0.1, 0.15) is 0 Å². The molecule has 0 spiro atoms. The van der Waals surface area contributed by atoms with Gasteiger partial charge in [0, 0.05) is 18.0 Å². The lowest BCUT2D eigenvalue weighted by Crippen LogP contribution is -2.39. The summed E-state index contributed by atoms with van der Waals surface area (Å²) < 4.78 is 12.1. The molecule has 0 aliphatic rings. The summed E-state index contributed by atoms with van der Waals surface area (Å²) in [5.74, 6) is 1.01. The van der Waals surface area contributed by atoms with Crippen LogP contribution in [0.3, 0.4) is 0 Å². The fourth-order valence-corrected chi connectivity index (χ4v) is 4.28. The van der Waals surface area contributed by atoms with Crippen LogP contribution in [-0.2, 0) is 4.79 Å². The van der Waals surface area contributed by atoms with Gasteiger partial charge in [-0.15, -0.1) is 24.2 Å². The van der Waals surface area contributed by atoms with Crippen LogP contribution >= 0.6 is 35.5 Å². The highest BCUT2D eigenvalue weighted by atomic mass is 35.5. The zero-order valence-corrected chi connectivity index (χ0v) is 19.9.